The third-order valence-electron chi connectivity index (χ3n) is 2.96. The summed E-state index contributed by atoms with van der Waals surface area (Å²) >= 11 is 0. The Kier molecular flexibility index (Phi) is 4.44. The summed E-state index contributed by atoms with van der Waals surface area (Å²) in [5, 5.41) is 19.5. The first-order valence-corrected chi connectivity index (χ1v) is 6.12. The SMILES string of the molecule is CCC(CO)NCc1cn[nH]c1-c1cccnc1. The number of aromatic amines is 1. The molecule has 0 aliphatic rings. The lowest BCUT2D eigenvalue weighted by molar-refractivity contribution is 0.238. The van der Waals surface area contributed by atoms with Gasteiger partial charge in [-0.1, -0.05) is 6.92 Å². The normalized spacial score (nSPS) is 12.6. The number of nitrogens with zero attached hydrogens (tertiary/aromatic N) is 2. The number of H-pyrrole nitrogens is 1. The minimum atomic E-state index is 0.127. The van der Waals surface area contributed by atoms with Gasteiger partial charge >= 0.3 is 0 Å². The Hall–Kier alpha value is -1.72. The van der Waals surface area contributed by atoms with Crippen LogP contribution in [0.5, 0.6) is 0 Å². The molecule has 3 N–H and O–H groups in total. The quantitative estimate of drug-likeness (QED) is 0.719. The van der Waals surface area contributed by atoms with Crippen LogP contribution in [0.2, 0.25) is 0 Å². The molecule has 1 atom stereocenters. The molecule has 2 aromatic heterocycles. The number of rotatable bonds is 6. The molecule has 0 spiro atoms. The molecular formula is C13H18N4O. The predicted molar refractivity (Wildman–Crippen MR) is 69.8 cm³/mol. The van der Waals surface area contributed by atoms with Crippen molar-refractivity contribution in [1.29, 1.82) is 0 Å². The van der Waals surface area contributed by atoms with E-state index in [2.05, 4.69) is 20.5 Å². The second-order valence-corrected chi connectivity index (χ2v) is 4.18. The van der Waals surface area contributed by atoms with E-state index in [-0.39, 0.29) is 12.6 Å². The number of pyridine rings is 1. The standard InChI is InChI=1S/C13H18N4O/c1-2-12(9-18)15-7-11-8-16-17-13(11)10-4-3-5-14-6-10/h3-6,8,12,15,18H,2,7,9H2,1H3,(H,16,17). The second-order valence-electron chi connectivity index (χ2n) is 4.18. The van der Waals surface area contributed by atoms with Crippen molar-refractivity contribution >= 4 is 0 Å². The summed E-state index contributed by atoms with van der Waals surface area (Å²) in [5.41, 5.74) is 3.07. The van der Waals surface area contributed by atoms with Crippen molar-refractivity contribution in [1.82, 2.24) is 20.5 Å². The van der Waals surface area contributed by atoms with Gasteiger partial charge in [0.2, 0.25) is 0 Å². The van der Waals surface area contributed by atoms with E-state index in [0.29, 0.717) is 6.54 Å². The molecular weight excluding hydrogens is 228 g/mol. The maximum absolute atomic E-state index is 9.15. The molecule has 0 saturated carbocycles. The molecule has 0 fully saturated rings. The maximum Gasteiger partial charge on any atom is 0.0710 e. The molecule has 0 saturated heterocycles. The summed E-state index contributed by atoms with van der Waals surface area (Å²) in [5.74, 6) is 0. The molecule has 0 aliphatic carbocycles. The van der Waals surface area contributed by atoms with Gasteiger partial charge in [0.25, 0.3) is 0 Å². The van der Waals surface area contributed by atoms with E-state index in [1.165, 1.54) is 0 Å². The Morgan fingerprint density at radius 1 is 1.44 bits per heavy atom. The van der Waals surface area contributed by atoms with Crippen molar-refractivity contribution in [2.75, 3.05) is 6.61 Å². The van der Waals surface area contributed by atoms with Crippen molar-refractivity contribution in [3.63, 3.8) is 0 Å². The Morgan fingerprint density at radius 3 is 3.00 bits per heavy atom. The zero-order valence-corrected chi connectivity index (χ0v) is 10.4. The first-order valence-electron chi connectivity index (χ1n) is 6.12. The highest BCUT2D eigenvalue weighted by molar-refractivity contribution is 5.61. The molecule has 5 heteroatoms. The highest BCUT2D eigenvalue weighted by atomic mass is 16.3. The number of hydrogen-bond acceptors (Lipinski definition) is 4. The predicted octanol–water partition coefficient (Wildman–Crippen LogP) is 1.33. The van der Waals surface area contributed by atoms with Gasteiger partial charge in [0, 0.05) is 36.1 Å². The van der Waals surface area contributed by atoms with Gasteiger partial charge in [0.15, 0.2) is 0 Å². The monoisotopic (exact) mass is 246 g/mol. The van der Waals surface area contributed by atoms with Crippen LogP contribution in [0.1, 0.15) is 18.9 Å². The Labute approximate surface area is 106 Å². The highest BCUT2D eigenvalue weighted by Gasteiger charge is 2.09. The fourth-order valence-electron chi connectivity index (χ4n) is 1.80. The summed E-state index contributed by atoms with van der Waals surface area (Å²) in [6.45, 7) is 2.88. The summed E-state index contributed by atoms with van der Waals surface area (Å²) < 4.78 is 0. The van der Waals surface area contributed by atoms with E-state index >= 15 is 0 Å². The molecule has 5 nitrogen and oxygen atoms in total. The van der Waals surface area contributed by atoms with E-state index in [1.807, 2.05) is 19.1 Å². The molecule has 0 aromatic carbocycles. The van der Waals surface area contributed by atoms with E-state index in [9.17, 15) is 0 Å². The molecule has 2 rings (SSSR count). The fraction of sp³-hybridized carbons (Fsp3) is 0.385. The van der Waals surface area contributed by atoms with Crippen LogP contribution in [0.15, 0.2) is 30.7 Å². The zero-order valence-electron chi connectivity index (χ0n) is 10.4. The van der Waals surface area contributed by atoms with Gasteiger partial charge in [-0.05, 0) is 18.6 Å². The average molecular weight is 246 g/mol. The number of aliphatic hydroxyl groups excluding tert-OH is 1. The van der Waals surface area contributed by atoms with Gasteiger partial charge < -0.3 is 10.4 Å². The van der Waals surface area contributed by atoms with Crippen LogP contribution < -0.4 is 5.32 Å². The molecule has 2 heterocycles. The van der Waals surface area contributed by atoms with Crippen molar-refractivity contribution in [3.8, 4) is 11.3 Å². The van der Waals surface area contributed by atoms with Gasteiger partial charge in [-0.25, -0.2) is 0 Å². The Morgan fingerprint density at radius 2 is 2.33 bits per heavy atom. The van der Waals surface area contributed by atoms with Gasteiger partial charge in [0.05, 0.1) is 18.5 Å². The molecule has 0 aliphatic heterocycles. The second kappa shape index (κ2) is 6.28. The first kappa shape index (κ1) is 12.7. The average Bonchev–Trinajstić information content (AvgIpc) is 2.89. The van der Waals surface area contributed by atoms with Crippen LogP contribution in [0.4, 0.5) is 0 Å². The molecule has 0 radical (unpaired) electrons. The molecule has 1 unspecified atom stereocenters. The van der Waals surface area contributed by atoms with Crippen LogP contribution in [-0.4, -0.2) is 32.9 Å². The van der Waals surface area contributed by atoms with Gasteiger partial charge in [-0.2, -0.15) is 5.10 Å². The number of hydrogen-bond donors (Lipinski definition) is 3. The minimum absolute atomic E-state index is 0.127. The molecule has 0 bridgehead atoms. The lowest BCUT2D eigenvalue weighted by Crippen LogP contribution is -2.31. The number of aliphatic hydroxyl groups is 1. The molecule has 2 aromatic rings. The van der Waals surface area contributed by atoms with Crippen molar-refractivity contribution in [2.45, 2.75) is 25.9 Å². The van der Waals surface area contributed by atoms with Crippen molar-refractivity contribution < 1.29 is 5.11 Å². The topological polar surface area (TPSA) is 73.8 Å². The smallest absolute Gasteiger partial charge is 0.0710 e. The van der Waals surface area contributed by atoms with Gasteiger partial charge in [-0.3, -0.25) is 10.1 Å². The van der Waals surface area contributed by atoms with Gasteiger partial charge in [0.1, 0.15) is 0 Å². The van der Waals surface area contributed by atoms with Crippen LogP contribution in [0.25, 0.3) is 11.3 Å². The molecule has 0 amide bonds. The van der Waals surface area contributed by atoms with Crippen molar-refractivity contribution in [3.05, 3.63) is 36.3 Å². The summed E-state index contributed by atoms with van der Waals surface area (Å²) in [4.78, 5) is 4.10. The third kappa shape index (κ3) is 2.94. The maximum atomic E-state index is 9.15. The Bertz CT molecular complexity index is 465. The number of aromatic nitrogens is 3. The van der Waals surface area contributed by atoms with Crippen molar-refractivity contribution in [2.24, 2.45) is 0 Å². The lowest BCUT2D eigenvalue weighted by atomic mass is 10.1. The van der Waals surface area contributed by atoms with Crippen LogP contribution >= 0.6 is 0 Å². The zero-order chi connectivity index (χ0) is 12.8. The first-order chi connectivity index (χ1) is 8.85. The summed E-state index contributed by atoms with van der Waals surface area (Å²) in [6, 6.07) is 4.02. The van der Waals surface area contributed by atoms with Gasteiger partial charge in [-0.15, -0.1) is 0 Å². The van der Waals surface area contributed by atoms with E-state index in [0.717, 1.165) is 23.2 Å². The van der Waals surface area contributed by atoms with E-state index in [1.54, 1.807) is 18.6 Å². The number of nitrogens with one attached hydrogen (secondary N) is 2. The van der Waals surface area contributed by atoms with Crippen LogP contribution in [-0.2, 0) is 6.54 Å². The van der Waals surface area contributed by atoms with Crippen LogP contribution in [0, 0.1) is 0 Å². The molecule has 96 valence electrons. The third-order valence-corrected chi connectivity index (χ3v) is 2.96. The van der Waals surface area contributed by atoms with Crippen LogP contribution in [0.3, 0.4) is 0 Å². The summed E-state index contributed by atoms with van der Waals surface area (Å²) in [6.07, 6.45) is 6.26. The molecule has 18 heavy (non-hydrogen) atoms. The fourth-order valence-corrected chi connectivity index (χ4v) is 1.80. The lowest BCUT2D eigenvalue weighted by Gasteiger charge is -2.13. The van der Waals surface area contributed by atoms with E-state index < -0.39 is 0 Å². The Balaban J connectivity index is 2.09. The minimum Gasteiger partial charge on any atom is -0.395 e. The summed E-state index contributed by atoms with van der Waals surface area (Å²) in [7, 11) is 0. The van der Waals surface area contributed by atoms with E-state index in [4.69, 9.17) is 5.11 Å². The largest absolute Gasteiger partial charge is 0.395 e. The highest BCUT2D eigenvalue weighted by Crippen LogP contribution is 2.19.